The number of carbonyl (C=O) groups excluding carboxylic acids is 1. The van der Waals surface area contributed by atoms with Gasteiger partial charge in [-0.05, 0) is 23.6 Å². The van der Waals surface area contributed by atoms with Crippen molar-refractivity contribution in [3.8, 4) is 0 Å². The summed E-state index contributed by atoms with van der Waals surface area (Å²) in [6.07, 6.45) is 1.40. The molecule has 1 saturated heterocycles. The van der Waals surface area contributed by atoms with Gasteiger partial charge in [0, 0.05) is 30.3 Å². The maximum Gasteiger partial charge on any atom is 0.273 e. The molecule has 0 radical (unpaired) electrons. The van der Waals surface area contributed by atoms with E-state index < -0.39 is 0 Å². The molecule has 4 rings (SSSR count). The smallest absolute Gasteiger partial charge is 0.273 e. The van der Waals surface area contributed by atoms with E-state index >= 15 is 0 Å². The van der Waals surface area contributed by atoms with Gasteiger partial charge >= 0.3 is 0 Å². The molecule has 29 heavy (non-hydrogen) atoms. The minimum atomic E-state index is -0.261. The van der Waals surface area contributed by atoms with E-state index in [9.17, 15) is 9.59 Å². The maximum absolute atomic E-state index is 12.8. The Labute approximate surface area is 177 Å². The number of nitrogens with zero attached hydrogens (tertiary/aromatic N) is 4. The first-order valence-electron chi connectivity index (χ1n) is 9.60. The van der Waals surface area contributed by atoms with Crippen LogP contribution in [0.15, 0.2) is 35.4 Å². The Kier molecular flexibility index (Phi) is 5.86. The van der Waals surface area contributed by atoms with E-state index in [0.29, 0.717) is 22.0 Å². The van der Waals surface area contributed by atoms with Gasteiger partial charge in [-0.1, -0.05) is 37.3 Å². The molecule has 152 valence electrons. The van der Waals surface area contributed by atoms with Crippen molar-refractivity contribution in [3.05, 3.63) is 46.5 Å². The summed E-state index contributed by atoms with van der Waals surface area (Å²) in [5.74, 6) is 2.30. The third-order valence-electron chi connectivity index (χ3n) is 4.83. The molecule has 7 nitrogen and oxygen atoms in total. The Morgan fingerprint density at radius 3 is 2.62 bits per heavy atom. The molecular formula is C20H23N5O2S2. The van der Waals surface area contributed by atoms with E-state index in [1.807, 2.05) is 36.0 Å². The number of rotatable bonds is 5. The predicted octanol–water partition coefficient (Wildman–Crippen LogP) is 3.17. The van der Waals surface area contributed by atoms with Gasteiger partial charge in [0.1, 0.15) is 17.6 Å². The molecule has 0 atom stereocenters. The molecule has 1 aliphatic rings. The first-order valence-corrected chi connectivity index (χ1v) is 11.6. The molecule has 9 heteroatoms. The van der Waals surface area contributed by atoms with Crippen molar-refractivity contribution in [2.24, 2.45) is 0 Å². The van der Waals surface area contributed by atoms with Gasteiger partial charge in [-0.3, -0.25) is 14.2 Å². The monoisotopic (exact) mass is 429 g/mol. The highest BCUT2D eigenvalue weighted by Gasteiger charge is 2.18. The molecular weight excluding hydrogens is 406 g/mol. The van der Waals surface area contributed by atoms with Crippen molar-refractivity contribution in [1.82, 2.24) is 14.5 Å². The second kappa shape index (κ2) is 8.54. The van der Waals surface area contributed by atoms with E-state index in [-0.39, 0.29) is 18.0 Å². The number of thiazole rings is 1. The van der Waals surface area contributed by atoms with Gasteiger partial charge in [-0.2, -0.15) is 16.7 Å². The van der Waals surface area contributed by atoms with Gasteiger partial charge in [-0.25, -0.2) is 4.98 Å². The zero-order chi connectivity index (χ0) is 20.4. The topological polar surface area (TPSA) is 80.1 Å². The third kappa shape index (κ3) is 4.45. The van der Waals surface area contributed by atoms with Crippen LogP contribution in [0.5, 0.6) is 0 Å². The number of nitrogens with one attached hydrogen (secondary N) is 1. The average Bonchev–Trinajstić information content (AvgIpc) is 3.16. The largest absolute Gasteiger partial charge is 0.346 e. The summed E-state index contributed by atoms with van der Waals surface area (Å²) in [4.78, 5) is 36.3. The van der Waals surface area contributed by atoms with Gasteiger partial charge in [0.25, 0.3) is 5.56 Å². The molecule has 1 aromatic carbocycles. The second-order valence-corrected chi connectivity index (χ2v) is 9.45. The number of thioether (sulfide) groups is 1. The van der Waals surface area contributed by atoms with Crippen LogP contribution in [0.25, 0.3) is 10.3 Å². The summed E-state index contributed by atoms with van der Waals surface area (Å²) in [5.41, 5.74) is 2.15. The summed E-state index contributed by atoms with van der Waals surface area (Å²) in [5, 5.41) is 3.67. The van der Waals surface area contributed by atoms with Crippen LogP contribution in [0.3, 0.4) is 0 Å². The summed E-state index contributed by atoms with van der Waals surface area (Å²) >= 11 is 3.28. The van der Waals surface area contributed by atoms with Gasteiger partial charge in [-0.15, -0.1) is 0 Å². The summed E-state index contributed by atoms with van der Waals surface area (Å²) in [7, 11) is 0. The Morgan fingerprint density at radius 2 is 1.93 bits per heavy atom. The number of anilines is 2. The lowest BCUT2D eigenvalue weighted by Gasteiger charge is -2.25. The molecule has 0 unspecified atom stereocenters. The summed E-state index contributed by atoms with van der Waals surface area (Å²) in [6.45, 7) is 6.02. The lowest BCUT2D eigenvalue weighted by Crippen LogP contribution is -2.32. The molecule has 1 amide bonds. The molecule has 3 aromatic rings. The highest BCUT2D eigenvalue weighted by molar-refractivity contribution is 7.99. The number of hydrogen-bond donors (Lipinski definition) is 1. The zero-order valence-electron chi connectivity index (χ0n) is 16.4. The standard InChI is InChI=1S/C20H23N5O2S2/c1-13(2)14-3-5-15(6-4-14)22-16(26)11-25-12-21-18-17(19(25)27)29-20(23-18)24-7-9-28-10-8-24/h3-6,12-13H,7-11H2,1-2H3,(H,22,26). The van der Waals surface area contributed by atoms with E-state index in [4.69, 9.17) is 0 Å². The van der Waals surface area contributed by atoms with Crippen LogP contribution in [-0.2, 0) is 11.3 Å². The van der Waals surface area contributed by atoms with Crippen molar-refractivity contribution in [3.63, 3.8) is 0 Å². The fourth-order valence-electron chi connectivity index (χ4n) is 3.14. The Hall–Kier alpha value is -2.39. The minimum absolute atomic E-state index is 0.0821. The first kappa shape index (κ1) is 19.9. The van der Waals surface area contributed by atoms with Crippen LogP contribution in [0.1, 0.15) is 25.3 Å². The summed E-state index contributed by atoms with van der Waals surface area (Å²) in [6, 6.07) is 7.75. The average molecular weight is 430 g/mol. The van der Waals surface area contributed by atoms with Crippen molar-refractivity contribution >= 4 is 50.2 Å². The maximum atomic E-state index is 12.8. The molecule has 0 saturated carbocycles. The van der Waals surface area contributed by atoms with Crippen LogP contribution in [0.4, 0.5) is 10.8 Å². The normalized spacial score (nSPS) is 14.5. The number of fused-ring (bicyclic) bond motifs is 1. The molecule has 1 N–H and O–H groups in total. The van der Waals surface area contributed by atoms with E-state index in [1.54, 1.807) is 0 Å². The van der Waals surface area contributed by atoms with E-state index in [2.05, 4.69) is 34.0 Å². The number of amides is 1. The van der Waals surface area contributed by atoms with Crippen LogP contribution in [-0.4, -0.2) is 45.0 Å². The fraction of sp³-hybridized carbons (Fsp3) is 0.400. The fourth-order valence-corrected chi connectivity index (χ4v) is 5.07. The SMILES string of the molecule is CC(C)c1ccc(NC(=O)Cn2cnc3nc(N4CCSCC4)sc3c2=O)cc1. The van der Waals surface area contributed by atoms with Crippen LogP contribution in [0.2, 0.25) is 0 Å². The number of benzene rings is 1. The number of aromatic nitrogens is 3. The first-order chi connectivity index (χ1) is 14.0. The molecule has 0 aliphatic carbocycles. The van der Waals surface area contributed by atoms with Gasteiger partial charge < -0.3 is 10.2 Å². The lowest BCUT2D eigenvalue weighted by atomic mass is 10.0. The minimum Gasteiger partial charge on any atom is -0.346 e. The van der Waals surface area contributed by atoms with Gasteiger partial charge in [0.2, 0.25) is 5.91 Å². The summed E-state index contributed by atoms with van der Waals surface area (Å²) < 4.78 is 1.84. The highest BCUT2D eigenvalue weighted by Crippen LogP contribution is 2.27. The molecule has 0 bridgehead atoms. The van der Waals surface area contributed by atoms with Crippen molar-refractivity contribution in [1.29, 1.82) is 0 Å². The van der Waals surface area contributed by atoms with Crippen LogP contribution >= 0.6 is 23.1 Å². The molecule has 1 aliphatic heterocycles. The van der Waals surface area contributed by atoms with Crippen molar-refractivity contribution in [2.45, 2.75) is 26.3 Å². The molecule has 1 fully saturated rings. The molecule has 3 heterocycles. The zero-order valence-corrected chi connectivity index (χ0v) is 18.1. The molecule has 0 spiro atoms. The number of carbonyl (C=O) groups is 1. The van der Waals surface area contributed by atoms with Crippen molar-refractivity contribution < 1.29 is 4.79 Å². The van der Waals surface area contributed by atoms with E-state index in [1.165, 1.54) is 27.8 Å². The third-order valence-corrected chi connectivity index (χ3v) is 6.87. The van der Waals surface area contributed by atoms with E-state index in [0.717, 1.165) is 29.7 Å². The quantitative estimate of drug-likeness (QED) is 0.671. The molecule has 2 aromatic heterocycles. The Balaban J connectivity index is 1.49. The van der Waals surface area contributed by atoms with Crippen molar-refractivity contribution in [2.75, 3.05) is 34.8 Å². The predicted molar refractivity (Wildman–Crippen MR) is 120 cm³/mol. The Bertz CT molecular complexity index is 1070. The van der Waals surface area contributed by atoms with Gasteiger partial charge in [0.05, 0.1) is 0 Å². The number of hydrogen-bond acceptors (Lipinski definition) is 7. The highest BCUT2D eigenvalue weighted by atomic mass is 32.2. The van der Waals surface area contributed by atoms with Crippen LogP contribution < -0.4 is 15.8 Å². The second-order valence-electron chi connectivity index (χ2n) is 7.25. The Morgan fingerprint density at radius 1 is 1.21 bits per heavy atom. The van der Waals surface area contributed by atoms with Gasteiger partial charge in [0.15, 0.2) is 10.8 Å². The lowest BCUT2D eigenvalue weighted by molar-refractivity contribution is -0.116. The van der Waals surface area contributed by atoms with Crippen LogP contribution in [0, 0.1) is 0 Å².